The molecule has 214 valence electrons. The lowest BCUT2D eigenvalue weighted by Gasteiger charge is -2.47. The van der Waals surface area contributed by atoms with Crippen molar-refractivity contribution in [3.8, 4) is 0 Å². The number of benzene rings is 1. The molecule has 40 heavy (non-hydrogen) atoms. The van der Waals surface area contributed by atoms with Gasteiger partial charge in [0.05, 0.1) is 23.2 Å². The number of aliphatic hydroxyl groups is 3. The van der Waals surface area contributed by atoms with Crippen molar-refractivity contribution >= 4 is 23.9 Å². The lowest BCUT2D eigenvalue weighted by Crippen LogP contribution is -2.67. The number of hydrogen-bond donors (Lipinski definition) is 3. The zero-order valence-corrected chi connectivity index (χ0v) is 22.2. The van der Waals surface area contributed by atoms with E-state index in [1.54, 1.807) is 51.1 Å². The number of carbonyl (C=O) groups excluding carboxylic acids is 4. The first kappa shape index (κ1) is 25.9. The third-order valence-electron chi connectivity index (χ3n) is 10.4. The topological polar surface area (TPSA) is 175 Å². The molecule has 12 atom stereocenters. The summed E-state index contributed by atoms with van der Waals surface area (Å²) < 4.78 is 29.1. The molecule has 0 aromatic heterocycles. The molecule has 0 bridgehead atoms. The van der Waals surface area contributed by atoms with Crippen molar-refractivity contribution in [2.45, 2.75) is 82.1 Å². The summed E-state index contributed by atoms with van der Waals surface area (Å²) >= 11 is 0. The number of fused-ring (bicyclic) bond motifs is 1. The van der Waals surface area contributed by atoms with Gasteiger partial charge in [0, 0.05) is 5.92 Å². The molecule has 4 aliphatic heterocycles. The molecule has 2 saturated carbocycles. The van der Waals surface area contributed by atoms with Crippen LogP contribution in [0.2, 0.25) is 0 Å². The van der Waals surface area contributed by atoms with E-state index in [4.69, 9.17) is 23.7 Å². The normalized spacial score (nSPS) is 49.6. The summed E-state index contributed by atoms with van der Waals surface area (Å²) in [5, 5.41) is 35.9. The number of ether oxygens (including phenoxy) is 5. The molecular weight excluding hydrogens is 528 g/mol. The second kappa shape index (κ2) is 7.41. The zero-order valence-electron chi connectivity index (χ0n) is 22.2. The van der Waals surface area contributed by atoms with Crippen molar-refractivity contribution in [3.63, 3.8) is 0 Å². The number of esters is 4. The number of rotatable bonds is 3. The van der Waals surface area contributed by atoms with Crippen LogP contribution in [-0.4, -0.2) is 87.2 Å². The van der Waals surface area contributed by atoms with Crippen LogP contribution >= 0.6 is 0 Å². The predicted molar refractivity (Wildman–Crippen MR) is 127 cm³/mol. The lowest BCUT2D eigenvalue weighted by molar-refractivity contribution is -0.240. The van der Waals surface area contributed by atoms with Crippen LogP contribution in [0, 0.1) is 28.1 Å². The van der Waals surface area contributed by atoms with E-state index < -0.39 is 100.0 Å². The largest absolute Gasteiger partial charge is 0.458 e. The minimum atomic E-state index is -2.48. The van der Waals surface area contributed by atoms with Crippen molar-refractivity contribution in [2.24, 2.45) is 28.1 Å². The van der Waals surface area contributed by atoms with Crippen LogP contribution in [0.4, 0.5) is 0 Å². The average molecular weight is 559 g/mol. The molecule has 0 amide bonds. The van der Waals surface area contributed by atoms with Gasteiger partial charge in [-0.1, -0.05) is 51.1 Å². The first-order valence-electron chi connectivity index (χ1n) is 13.3. The van der Waals surface area contributed by atoms with Gasteiger partial charge in [-0.25, -0.2) is 9.59 Å². The molecule has 3 N–H and O–H groups in total. The maximum absolute atomic E-state index is 13.9. The van der Waals surface area contributed by atoms with Gasteiger partial charge < -0.3 is 39.0 Å². The van der Waals surface area contributed by atoms with Crippen molar-refractivity contribution in [2.75, 3.05) is 0 Å². The highest BCUT2D eigenvalue weighted by Gasteiger charge is 3.05. The van der Waals surface area contributed by atoms with E-state index in [1.807, 2.05) is 0 Å². The van der Waals surface area contributed by atoms with E-state index >= 15 is 0 Å². The van der Waals surface area contributed by atoms with Crippen LogP contribution in [-0.2, 0) is 49.3 Å². The molecule has 0 radical (unpaired) electrons. The number of aliphatic hydroxyl groups excluding tert-OH is 2. The Morgan fingerprint density at radius 3 is 2.33 bits per heavy atom. The molecule has 6 fully saturated rings. The Bertz CT molecular complexity index is 1350. The smallest absolute Gasteiger partial charge is 0.343 e. The Kier molecular flexibility index (Phi) is 4.79. The van der Waals surface area contributed by atoms with Crippen molar-refractivity contribution in [3.05, 3.63) is 35.9 Å². The van der Waals surface area contributed by atoms with Gasteiger partial charge in [0.1, 0.15) is 12.2 Å². The quantitative estimate of drug-likeness (QED) is 0.318. The Morgan fingerprint density at radius 1 is 1.00 bits per heavy atom. The van der Waals surface area contributed by atoms with E-state index in [0.717, 1.165) is 0 Å². The van der Waals surface area contributed by atoms with Gasteiger partial charge in [0.25, 0.3) is 0 Å². The second-order valence-electron chi connectivity index (χ2n) is 12.9. The fraction of sp³-hybridized carbons (Fsp3) is 0.643. The van der Waals surface area contributed by atoms with Crippen LogP contribution in [0.5, 0.6) is 0 Å². The van der Waals surface area contributed by atoms with Crippen LogP contribution in [0.1, 0.15) is 33.3 Å². The molecule has 4 saturated heterocycles. The predicted octanol–water partition coefficient (Wildman–Crippen LogP) is -0.605. The SMILES string of the molecule is C[C@@H]1C(=O)O[C@H]2[C@H](O)[C@@]34[C@@H]5OC(=O)[C@]3(O[C@@H]3OC(=O)[C@H](O)[C@]34[C@H](C(C)(C)C)[C@@H]5OC(=O)Cc3ccccc3)[C@@]12O. The van der Waals surface area contributed by atoms with Crippen LogP contribution in [0.15, 0.2) is 30.3 Å². The summed E-state index contributed by atoms with van der Waals surface area (Å²) in [5.41, 5.74) is -9.14. The fourth-order valence-corrected chi connectivity index (χ4v) is 9.31. The summed E-state index contributed by atoms with van der Waals surface area (Å²) in [6.45, 7) is 6.70. The minimum absolute atomic E-state index is 0.123. The van der Waals surface area contributed by atoms with Crippen molar-refractivity contribution in [1.29, 1.82) is 0 Å². The minimum Gasteiger partial charge on any atom is -0.458 e. The molecule has 2 aliphatic carbocycles. The highest BCUT2D eigenvalue weighted by molar-refractivity contribution is 5.94. The van der Waals surface area contributed by atoms with Crippen LogP contribution < -0.4 is 0 Å². The van der Waals surface area contributed by atoms with E-state index in [-0.39, 0.29) is 6.42 Å². The van der Waals surface area contributed by atoms with Gasteiger partial charge in [-0.05, 0) is 17.9 Å². The zero-order chi connectivity index (χ0) is 28.8. The van der Waals surface area contributed by atoms with Gasteiger partial charge in [-0.15, -0.1) is 0 Å². The molecule has 12 nitrogen and oxygen atoms in total. The fourth-order valence-electron chi connectivity index (χ4n) is 9.31. The molecule has 1 aromatic rings. The monoisotopic (exact) mass is 558 g/mol. The average Bonchev–Trinajstić information content (AvgIpc) is 3.58. The standard InChI is InChI=1S/C28H30O12/c1-11-20(32)37-19-16(30)26-18-14(36-13(29)10-12-8-6-5-7-9-12)15(24(2,3)4)25(26)17(31)21(33)39-23(25)40-28(26,22(34)38-18)27(11,19)35/h5-9,11,14-19,23,30-31,35H,10H2,1-4H3/t11-,14+,15+,16+,17+,18-,19+,23+,25-,26+,27-,28-/m1/s1. The maximum Gasteiger partial charge on any atom is 0.343 e. The molecule has 1 aromatic carbocycles. The van der Waals surface area contributed by atoms with E-state index in [0.29, 0.717) is 5.56 Å². The first-order chi connectivity index (χ1) is 18.7. The van der Waals surface area contributed by atoms with Crippen LogP contribution in [0.3, 0.4) is 0 Å². The summed E-state index contributed by atoms with van der Waals surface area (Å²) in [7, 11) is 0. The molecule has 12 heteroatoms. The molecule has 6 aliphatic rings. The van der Waals surface area contributed by atoms with Crippen molar-refractivity contribution < 1.29 is 58.2 Å². The summed E-state index contributed by atoms with van der Waals surface area (Å²) in [5.74, 6) is -6.06. The third-order valence-corrected chi connectivity index (χ3v) is 10.4. The van der Waals surface area contributed by atoms with Gasteiger partial charge in [0.15, 0.2) is 23.9 Å². The molecule has 2 spiro atoms. The molecule has 7 rings (SSSR count). The summed E-state index contributed by atoms with van der Waals surface area (Å²) in [6, 6.07) is 8.82. The van der Waals surface area contributed by atoms with E-state index in [1.165, 1.54) is 6.92 Å². The third kappa shape index (κ3) is 2.35. The summed E-state index contributed by atoms with van der Waals surface area (Å²) in [6.07, 6.45) is -9.99. The Balaban J connectivity index is 1.46. The van der Waals surface area contributed by atoms with Gasteiger partial charge in [0.2, 0.25) is 11.9 Å². The van der Waals surface area contributed by atoms with Gasteiger partial charge >= 0.3 is 23.9 Å². The van der Waals surface area contributed by atoms with Gasteiger partial charge in [-0.2, -0.15) is 0 Å². The Morgan fingerprint density at radius 2 is 1.68 bits per heavy atom. The molecule has 4 heterocycles. The second-order valence-corrected chi connectivity index (χ2v) is 12.9. The number of hydrogen-bond acceptors (Lipinski definition) is 12. The highest BCUT2D eigenvalue weighted by atomic mass is 16.8. The van der Waals surface area contributed by atoms with E-state index in [9.17, 15) is 34.5 Å². The maximum atomic E-state index is 13.9. The molecule has 0 unspecified atom stereocenters. The first-order valence-corrected chi connectivity index (χ1v) is 13.3. The van der Waals surface area contributed by atoms with E-state index in [2.05, 4.69) is 0 Å². The van der Waals surface area contributed by atoms with Crippen molar-refractivity contribution in [1.82, 2.24) is 0 Å². The van der Waals surface area contributed by atoms with Crippen LogP contribution in [0.25, 0.3) is 0 Å². The number of carbonyl (C=O) groups is 4. The summed E-state index contributed by atoms with van der Waals surface area (Å²) in [4.78, 5) is 52.9. The highest BCUT2D eigenvalue weighted by Crippen LogP contribution is 2.84. The van der Waals surface area contributed by atoms with Gasteiger partial charge in [-0.3, -0.25) is 9.59 Å². The lowest BCUT2D eigenvalue weighted by atomic mass is 9.51. The Hall–Kier alpha value is -3.06. The Labute approximate surface area is 228 Å². The molecular formula is C28H30O12.